The van der Waals surface area contributed by atoms with Crippen molar-refractivity contribution in [1.82, 2.24) is 10.3 Å². The Hall–Kier alpha value is -1.87. The van der Waals surface area contributed by atoms with Gasteiger partial charge in [-0.2, -0.15) is 0 Å². The molecule has 0 saturated heterocycles. The van der Waals surface area contributed by atoms with Crippen molar-refractivity contribution >= 4 is 0 Å². The molecule has 0 amide bonds. The first-order valence-corrected chi connectivity index (χ1v) is 7.69. The zero-order valence-corrected chi connectivity index (χ0v) is 12.7. The normalized spacial score (nSPS) is 14.2. The van der Waals surface area contributed by atoms with Crippen molar-refractivity contribution in [2.75, 3.05) is 6.61 Å². The Morgan fingerprint density at radius 1 is 1.14 bits per heavy atom. The highest BCUT2D eigenvalue weighted by atomic mass is 16.5. The largest absolute Gasteiger partial charge is 0.494 e. The molecular weight excluding hydrogens is 260 g/mol. The van der Waals surface area contributed by atoms with Crippen molar-refractivity contribution in [1.29, 1.82) is 0 Å². The Bertz CT molecular complexity index is 603. The van der Waals surface area contributed by atoms with E-state index < -0.39 is 0 Å². The van der Waals surface area contributed by atoms with Crippen molar-refractivity contribution in [3.05, 3.63) is 47.7 Å². The molecule has 3 heteroatoms. The van der Waals surface area contributed by atoms with Gasteiger partial charge in [-0.1, -0.05) is 6.07 Å². The molecule has 1 saturated carbocycles. The molecule has 1 aromatic carbocycles. The third-order valence-corrected chi connectivity index (χ3v) is 3.81. The number of aromatic nitrogens is 1. The highest BCUT2D eigenvalue weighted by molar-refractivity contribution is 5.60. The van der Waals surface area contributed by atoms with Gasteiger partial charge in [-0.3, -0.25) is 4.98 Å². The SMILES string of the molecule is CCOc1ccc(-c2ccc(CNC3CC3)c(C)n2)cc1. The molecule has 3 rings (SSSR count). The topological polar surface area (TPSA) is 34.1 Å². The third kappa shape index (κ3) is 3.61. The maximum absolute atomic E-state index is 5.47. The fraction of sp³-hybridized carbons (Fsp3) is 0.389. The zero-order chi connectivity index (χ0) is 14.7. The lowest BCUT2D eigenvalue weighted by Crippen LogP contribution is -2.16. The molecule has 1 N–H and O–H groups in total. The summed E-state index contributed by atoms with van der Waals surface area (Å²) in [5, 5.41) is 3.54. The van der Waals surface area contributed by atoms with Gasteiger partial charge in [0.15, 0.2) is 0 Å². The number of nitrogens with one attached hydrogen (secondary N) is 1. The van der Waals surface area contributed by atoms with Gasteiger partial charge in [-0.05, 0) is 62.6 Å². The summed E-state index contributed by atoms with van der Waals surface area (Å²) in [6.07, 6.45) is 2.63. The van der Waals surface area contributed by atoms with Crippen LogP contribution in [0.4, 0.5) is 0 Å². The van der Waals surface area contributed by atoms with E-state index in [0.717, 1.165) is 35.3 Å². The number of aryl methyl sites for hydroxylation is 1. The molecule has 1 heterocycles. The predicted molar refractivity (Wildman–Crippen MR) is 85.4 cm³/mol. The number of hydrogen-bond acceptors (Lipinski definition) is 3. The van der Waals surface area contributed by atoms with Crippen LogP contribution >= 0.6 is 0 Å². The molecule has 0 radical (unpaired) electrons. The lowest BCUT2D eigenvalue weighted by molar-refractivity contribution is 0.340. The van der Waals surface area contributed by atoms with E-state index >= 15 is 0 Å². The van der Waals surface area contributed by atoms with Crippen LogP contribution < -0.4 is 10.1 Å². The molecular formula is C18H22N2O. The summed E-state index contributed by atoms with van der Waals surface area (Å²) in [6, 6.07) is 13.1. The van der Waals surface area contributed by atoms with Crippen molar-refractivity contribution in [2.45, 2.75) is 39.3 Å². The molecule has 1 aliphatic rings. The summed E-state index contributed by atoms with van der Waals surface area (Å²) < 4.78 is 5.47. The van der Waals surface area contributed by atoms with Crippen molar-refractivity contribution in [2.24, 2.45) is 0 Å². The van der Waals surface area contributed by atoms with Gasteiger partial charge in [0.2, 0.25) is 0 Å². The van der Waals surface area contributed by atoms with Gasteiger partial charge in [0.1, 0.15) is 5.75 Å². The van der Waals surface area contributed by atoms with Crippen molar-refractivity contribution in [3.63, 3.8) is 0 Å². The molecule has 3 nitrogen and oxygen atoms in total. The Balaban J connectivity index is 1.73. The van der Waals surface area contributed by atoms with E-state index in [4.69, 9.17) is 9.72 Å². The highest BCUT2D eigenvalue weighted by Gasteiger charge is 2.20. The molecule has 1 aromatic heterocycles. The lowest BCUT2D eigenvalue weighted by Gasteiger charge is -2.09. The smallest absolute Gasteiger partial charge is 0.119 e. The second-order valence-corrected chi connectivity index (χ2v) is 5.55. The Morgan fingerprint density at radius 2 is 1.90 bits per heavy atom. The Labute approximate surface area is 126 Å². The number of hydrogen-bond donors (Lipinski definition) is 1. The van der Waals surface area contributed by atoms with Gasteiger partial charge in [0.05, 0.1) is 12.3 Å². The van der Waals surface area contributed by atoms with Crippen molar-refractivity contribution < 1.29 is 4.74 Å². The first-order valence-electron chi connectivity index (χ1n) is 7.69. The fourth-order valence-corrected chi connectivity index (χ4v) is 2.37. The lowest BCUT2D eigenvalue weighted by atomic mass is 10.1. The number of benzene rings is 1. The van der Waals surface area contributed by atoms with Gasteiger partial charge in [0.25, 0.3) is 0 Å². The van der Waals surface area contributed by atoms with E-state index in [0.29, 0.717) is 6.61 Å². The van der Waals surface area contributed by atoms with Crippen LogP contribution in [0.3, 0.4) is 0 Å². The van der Waals surface area contributed by atoms with Crippen LogP contribution in [0.1, 0.15) is 31.0 Å². The summed E-state index contributed by atoms with van der Waals surface area (Å²) >= 11 is 0. The van der Waals surface area contributed by atoms with Crippen LogP contribution in [0, 0.1) is 6.92 Å². The number of nitrogens with zero attached hydrogens (tertiary/aromatic N) is 1. The zero-order valence-electron chi connectivity index (χ0n) is 12.7. The van der Waals surface area contributed by atoms with Crippen LogP contribution in [0.25, 0.3) is 11.3 Å². The second kappa shape index (κ2) is 6.27. The number of rotatable bonds is 6. The Kier molecular flexibility index (Phi) is 4.20. The molecule has 0 aliphatic heterocycles. The van der Waals surface area contributed by atoms with Crippen LogP contribution in [-0.2, 0) is 6.54 Å². The van der Waals surface area contributed by atoms with Gasteiger partial charge in [0, 0.05) is 23.8 Å². The average Bonchev–Trinajstić information content (AvgIpc) is 3.31. The quantitative estimate of drug-likeness (QED) is 0.877. The standard InChI is InChI=1S/C18H22N2O/c1-3-21-17-9-4-14(5-10-17)18-11-6-15(13(2)20-18)12-19-16-7-8-16/h4-6,9-11,16,19H,3,7-8,12H2,1-2H3. The molecule has 0 spiro atoms. The maximum Gasteiger partial charge on any atom is 0.119 e. The summed E-state index contributed by atoms with van der Waals surface area (Å²) in [6.45, 7) is 5.70. The molecule has 0 unspecified atom stereocenters. The molecule has 1 fully saturated rings. The molecule has 2 aromatic rings. The maximum atomic E-state index is 5.47. The van der Waals surface area contributed by atoms with Crippen LogP contribution in [0.15, 0.2) is 36.4 Å². The molecule has 0 atom stereocenters. The van der Waals surface area contributed by atoms with Crippen LogP contribution in [-0.4, -0.2) is 17.6 Å². The first-order chi connectivity index (χ1) is 10.3. The van der Waals surface area contributed by atoms with Gasteiger partial charge < -0.3 is 10.1 Å². The van der Waals surface area contributed by atoms with E-state index in [2.05, 4.69) is 36.5 Å². The minimum absolute atomic E-state index is 0.694. The van der Waals surface area contributed by atoms with Crippen LogP contribution in [0.2, 0.25) is 0 Å². The molecule has 0 bridgehead atoms. The monoisotopic (exact) mass is 282 g/mol. The molecule has 21 heavy (non-hydrogen) atoms. The molecule has 1 aliphatic carbocycles. The predicted octanol–water partition coefficient (Wildman–Crippen LogP) is 3.71. The second-order valence-electron chi connectivity index (χ2n) is 5.55. The minimum atomic E-state index is 0.694. The summed E-state index contributed by atoms with van der Waals surface area (Å²) in [5.41, 5.74) is 4.54. The van der Waals surface area contributed by atoms with E-state index in [1.807, 2.05) is 19.1 Å². The third-order valence-electron chi connectivity index (χ3n) is 3.81. The van der Waals surface area contributed by atoms with E-state index in [1.165, 1.54) is 18.4 Å². The Morgan fingerprint density at radius 3 is 2.52 bits per heavy atom. The van der Waals surface area contributed by atoms with Gasteiger partial charge in [-0.25, -0.2) is 0 Å². The number of ether oxygens (including phenoxy) is 1. The van der Waals surface area contributed by atoms with Gasteiger partial charge in [-0.15, -0.1) is 0 Å². The average molecular weight is 282 g/mol. The number of pyridine rings is 1. The fourth-order valence-electron chi connectivity index (χ4n) is 2.37. The van der Waals surface area contributed by atoms with E-state index in [-0.39, 0.29) is 0 Å². The van der Waals surface area contributed by atoms with E-state index in [1.54, 1.807) is 0 Å². The summed E-state index contributed by atoms with van der Waals surface area (Å²) in [5.74, 6) is 0.906. The highest BCUT2D eigenvalue weighted by Crippen LogP contribution is 2.23. The van der Waals surface area contributed by atoms with Crippen LogP contribution in [0.5, 0.6) is 5.75 Å². The van der Waals surface area contributed by atoms with Gasteiger partial charge >= 0.3 is 0 Å². The minimum Gasteiger partial charge on any atom is -0.494 e. The first kappa shape index (κ1) is 14.1. The molecule has 110 valence electrons. The summed E-state index contributed by atoms with van der Waals surface area (Å²) in [4.78, 5) is 4.74. The van der Waals surface area contributed by atoms with E-state index in [9.17, 15) is 0 Å². The van der Waals surface area contributed by atoms with Crippen molar-refractivity contribution in [3.8, 4) is 17.0 Å². The summed E-state index contributed by atoms with van der Waals surface area (Å²) in [7, 11) is 0.